The minimum atomic E-state index is -0.921. The van der Waals surface area contributed by atoms with E-state index >= 15 is 0 Å². The Morgan fingerprint density at radius 2 is 2.14 bits per heavy atom. The lowest BCUT2D eigenvalue weighted by Gasteiger charge is -2.16. The maximum absolute atomic E-state index is 11.8. The van der Waals surface area contributed by atoms with Crippen LogP contribution in [0.5, 0.6) is 0 Å². The molecule has 0 saturated carbocycles. The number of carbonyl (C=O) groups is 1. The largest absolute Gasteiger partial charge is 0.338 e. The number of rotatable bonds is 4. The van der Waals surface area contributed by atoms with Crippen LogP contribution in [-0.2, 0) is 11.2 Å². The number of hydrogen-bond acceptors (Lipinski definition) is 5. The summed E-state index contributed by atoms with van der Waals surface area (Å²) in [7, 11) is 0. The van der Waals surface area contributed by atoms with Gasteiger partial charge in [0.15, 0.2) is 0 Å². The van der Waals surface area contributed by atoms with Crippen LogP contribution in [0, 0.1) is 18.3 Å². The van der Waals surface area contributed by atoms with Crippen LogP contribution >= 0.6 is 0 Å². The van der Waals surface area contributed by atoms with Crippen molar-refractivity contribution in [3.63, 3.8) is 0 Å². The van der Waals surface area contributed by atoms with Gasteiger partial charge in [-0.05, 0) is 26.3 Å². The monoisotopic (exact) mass is 284 g/mol. The Hall–Kier alpha value is -2.68. The van der Waals surface area contributed by atoms with E-state index in [2.05, 4.69) is 15.5 Å². The summed E-state index contributed by atoms with van der Waals surface area (Å²) >= 11 is 0. The Balaban J connectivity index is 2.10. The van der Waals surface area contributed by atoms with Crippen LogP contribution in [0.25, 0.3) is 11.4 Å². The summed E-state index contributed by atoms with van der Waals surface area (Å²) in [5.74, 6) is 0.344. The summed E-state index contributed by atoms with van der Waals surface area (Å²) < 4.78 is 5.09. The van der Waals surface area contributed by atoms with Crippen LogP contribution in [0.3, 0.4) is 0 Å². The SMILES string of the molecule is Cc1ccccc1-c1noc(CC(=O)NC(C)(C)C#N)n1. The highest BCUT2D eigenvalue weighted by atomic mass is 16.5. The molecule has 0 fully saturated rings. The molecule has 108 valence electrons. The molecule has 0 radical (unpaired) electrons. The van der Waals surface area contributed by atoms with Gasteiger partial charge >= 0.3 is 0 Å². The molecule has 0 bridgehead atoms. The second kappa shape index (κ2) is 5.75. The van der Waals surface area contributed by atoms with Gasteiger partial charge in [0.2, 0.25) is 17.6 Å². The van der Waals surface area contributed by atoms with Gasteiger partial charge < -0.3 is 9.84 Å². The summed E-state index contributed by atoms with van der Waals surface area (Å²) in [4.78, 5) is 16.0. The summed E-state index contributed by atoms with van der Waals surface area (Å²) in [6.07, 6.45) is -0.0516. The fourth-order valence-electron chi connectivity index (χ4n) is 1.82. The molecule has 1 aromatic heterocycles. The molecule has 0 unspecified atom stereocenters. The number of aryl methyl sites for hydroxylation is 1. The van der Waals surface area contributed by atoms with E-state index in [1.165, 1.54) is 0 Å². The maximum Gasteiger partial charge on any atom is 0.236 e. The van der Waals surface area contributed by atoms with Gasteiger partial charge in [0.05, 0.1) is 6.07 Å². The number of hydrogen-bond donors (Lipinski definition) is 1. The first kappa shape index (κ1) is 14.7. The van der Waals surface area contributed by atoms with Crippen LogP contribution < -0.4 is 5.32 Å². The van der Waals surface area contributed by atoms with Gasteiger partial charge in [0.1, 0.15) is 12.0 Å². The van der Waals surface area contributed by atoms with Gasteiger partial charge in [-0.3, -0.25) is 4.79 Å². The first-order valence-corrected chi connectivity index (χ1v) is 6.52. The molecule has 2 rings (SSSR count). The molecule has 1 heterocycles. The number of carbonyl (C=O) groups excluding carboxylic acids is 1. The number of nitriles is 1. The fourth-order valence-corrected chi connectivity index (χ4v) is 1.82. The smallest absolute Gasteiger partial charge is 0.236 e. The second-order valence-corrected chi connectivity index (χ2v) is 5.29. The van der Waals surface area contributed by atoms with Crippen molar-refractivity contribution in [2.75, 3.05) is 0 Å². The van der Waals surface area contributed by atoms with E-state index in [1.807, 2.05) is 37.3 Å². The van der Waals surface area contributed by atoms with E-state index in [0.29, 0.717) is 5.82 Å². The van der Waals surface area contributed by atoms with Crippen molar-refractivity contribution in [2.24, 2.45) is 0 Å². The maximum atomic E-state index is 11.8. The molecule has 2 aromatic rings. The molecule has 0 spiro atoms. The van der Waals surface area contributed by atoms with Crippen LogP contribution in [0.1, 0.15) is 25.3 Å². The third-order valence-electron chi connectivity index (χ3n) is 2.90. The van der Waals surface area contributed by atoms with Crippen LogP contribution in [0.4, 0.5) is 0 Å². The van der Waals surface area contributed by atoms with E-state index in [4.69, 9.17) is 9.78 Å². The standard InChI is InChI=1S/C15H16N4O2/c1-10-6-4-5-7-11(10)14-17-13(21-19-14)8-12(20)18-15(2,3)9-16/h4-7H,8H2,1-3H3,(H,18,20). The molecule has 0 aliphatic rings. The lowest BCUT2D eigenvalue weighted by molar-refractivity contribution is -0.121. The van der Waals surface area contributed by atoms with Gasteiger partial charge in [0.25, 0.3) is 0 Å². The number of amides is 1. The Morgan fingerprint density at radius 1 is 1.43 bits per heavy atom. The van der Waals surface area contributed by atoms with Crippen molar-refractivity contribution >= 4 is 5.91 Å². The average Bonchev–Trinajstić information content (AvgIpc) is 2.86. The number of nitrogens with zero attached hydrogens (tertiary/aromatic N) is 3. The first-order valence-electron chi connectivity index (χ1n) is 6.52. The molecule has 6 heteroatoms. The van der Waals surface area contributed by atoms with Crippen LogP contribution in [0.2, 0.25) is 0 Å². The highest BCUT2D eigenvalue weighted by Gasteiger charge is 2.21. The van der Waals surface area contributed by atoms with Crippen molar-refractivity contribution in [1.29, 1.82) is 5.26 Å². The average molecular weight is 284 g/mol. The number of benzene rings is 1. The predicted octanol–water partition coefficient (Wildman–Crippen LogP) is 2.01. The molecule has 0 saturated heterocycles. The third-order valence-corrected chi connectivity index (χ3v) is 2.90. The minimum absolute atomic E-state index is 0.0516. The third kappa shape index (κ3) is 3.66. The van der Waals surface area contributed by atoms with Gasteiger partial charge in [-0.2, -0.15) is 10.2 Å². The summed E-state index contributed by atoms with van der Waals surface area (Å²) in [6, 6.07) is 9.66. The summed E-state index contributed by atoms with van der Waals surface area (Å²) in [5, 5.41) is 15.3. The normalized spacial score (nSPS) is 11.0. The lowest BCUT2D eigenvalue weighted by atomic mass is 10.1. The summed E-state index contributed by atoms with van der Waals surface area (Å²) in [5.41, 5.74) is 0.973. The quantitative estimate of drug-likeness (QED) is 0.927. The van der Waals surface area contributed by atoms with E-state index in [0.717, 1.165) is 11.1 Å². The molecule has 0 aliphatic heterocycles. The summed E-state index contributed by atoms with van der Waals surface area (Å²) in [6.45, 7) is 5.20. The van der Waals surface area contributed by atoms with E-state index < -0.39 is 5.54 Å². The zero-order valence-corrected chi connectivity index (χ0v) is 12.2. The van der Waals surface area contributed by atoms with Crippen molar-refractivity contribution in [1.82, 2.24) is 15.5 Å². The fraction of sp³-hybridized carbons (Fsp3) is 0.333. The number of nitrogens with one attached hydrogen (secondary N) is 1. The van der Waals surface area contributed by atoms with Gasteiger partial charge in [-0.15, -0.1) is 0 Å². The van der Waals surface area contributed by atoms with Crippen molar-refractivity contribution < 1.29 is 9.32 Å². The lowest BCUT2D eigenvalue weighted by Crippen LogP contribution is -2.42. The van der Waals surface area contributed by atoms with Crippen LogP contribution in [-0.4, -0.2) is 21.6 Å². The Kier molecular flexibility index (Phi) is 4.03. The molecule has 1 amide bonds. The Bertz CT molecular complexity index is 698. The van der Waals surface area contributed by atoms with Gasteiger partial charge in [-0.1, -0.05) is 29.4 Å². The number of aromatic nitrogens is 2. The van der Waals surface area contributed by atoms with Crippen molar-refractivity contribution in [2.45, 2.75) is 32.7 Å². The zero-order chi connectivity index (χ0) is 15.5. The highest BCUT2D eigenvalue weighted by molar-refractivity contribution is 5.78. The molecular weight excluding hydrogens is 268 g/mol. The van der Waals surface area contributed by atoms with Gasteiger partial charge in [0, 0.05) is 5.56 Å². The molecule has 0 atom stereocenters. The highest BCUT2D eigenvalue weighted by Crippen LogP contribution is 2.19. The minimum Gasteiger partial charge on any atom is -0.338 e. The Labute approximate surface area is 122 Å². The van der Waals surface area contributed by atoms with E-state index in [9.17, 15) is 4.79 Å². The Morgan fingerprint density at radius 3 is 2.81 bits per heavy atom. The molecule has 0 aliphatic carbocycles. The second-order valence-electron chi connectivity index (χ2n) is 5.29. The molecule has 21 heavy (non-hydrogen) atoms. The van der Waals surface area contributed by atoms with E-state index in [1.54, 1.807) is 13.8 Å². The molecule has 1 aromatic carbocycles. The topological polar surface area (TPSA) is 91.8 Å². The van der Waals surface area contributed by atoms with E-state index in [-0.39, 0.29) is 18.2 Å². The molecule has 6 nitrogen and oxygen atoms in total. The predicted molar refractivity (Wildman–Crippen MR) is 76.0 cm³/mol. The van der Waals surface area contributed by atoms with Crippen molar-refractivity contribution in [3.05, 3.63) is 35.7 Å². The molecular formula is C15H16N4O2. The molecule has 1 N–H and O–H groups in total. The first-order chi connectivity index (χ1) is 9.91. The van der Waals surface area contributed by atoms with Gasteiger partial charge in [-0.25, -0.2) is 0 Å². The van der Waals surface area contributed by atoms with Crippen LogP contribution in [0.15, 0.2) is 28.8 Å². The zero-order valence-electron chi connectivity index (χ0n) is 12.2. The van der Waals surface area contributed by atoms with Crippen molar-refractivity contribution in [3.8, 4) is 17.5 Å².